The van der Waals surface area contributed by atoms with Gasteiger partial charge in [0.25, 0.3) is 0 Å². The van der Waals surface area contributed by atoms with Crippen LogP contribution in [0.3, 0.4) is 0 Å². The molecule has 0 aromatic heterocycles. The number of β-amino-alcohol motifs (C(OH)–C–C–N with tert-alkyl or cyclic N) is 2. The summed E-state index contributed by atoms with van der Waals surface area (Å²) >= 11 is 0. The molecular weight excluding hydrogens is 198 g/mol. The van der Waals surface area contributed by atoms with Crippen molar-refractivity contribution >= 4 is 5.97 Å². The maximum absolute atomic E-state index is 11.3. The molecule has 1 saturated heterocycles. The molecule has 0 bridgehead atoms. The van der Waals surface area contributed by atoms with Crippen LogP contribution in [-0.2, 0) is 9.53 Å². The van der Waals surface area contributed by atoms with Gasteiger partial charge in [-0.25, -0.2) is 0 Å². The molecule has 1 aliphatic rings. The van der Waals surface area contributed by atoms with Gasteiger partial charge in [0.05, 0.1) is 24.7 Å². The molecule has 5 nitrogen and oxygen atoms in total. The van der Waals surface area contributed by atoms with Gasteiger partial charge in [-0.05, 0) is 6.92 Å². The number of rotatable bonds is 4. The molecule has 1 aliphatic heterocycles. The van der Waals surface area contributed by atoms with E-state index in [0.29, 0.717) is 26.2 Å². The molecule has 5 heteroatoms. The van der Waals surface area contributed by atoms with Crippen molar-refractivity contribution in [3.8, 4) is 0 Å². The Kier molecular flexibility index (Phi) is 4.50. The van der Waals surface area contributed by atoms with Crippen LogP contribution in [0.2, 0.25) is 0 Å². The molecule has 1 heterocycles. The molecular formula is C10H19NO4. The minimum absolute atomic E-state index is 0.220. The number of ether oxygens (including phenoxy) is 1. The van der Waals surface area contributed by atoms with Gasteiger partial charge in [-0.15, -0.1) is 0 Å². The normalized spacial score (nSPS) is 29.1. The number of esters is 1. The van der Waals surface area contributed by atoms with Crippen LogP contribution in [-0.4, -0.2) is 59.5 Å². The predicted molar refractivity (Wildman–Crippen MR) is 54.3 cm³/mol. The van der Waals surface area contributed by atoms with Crippen molar-refractivity contribution in [1.29, 1.82) is 0 Å². The van der Waals surface area contributed by atoms with Crippen molar-refractivity contribution in [3.05, 3.63) is 0 Å². The maximum Gasteiger partial charge on any atom is 0.309 e. The monoisotopic (exact) mass is 217 g/mol. The minimum Gasteiger partial charge on any atom is -0.466 e. The highest BCUT2D eigenvalue weighted by molar-refractivity contribution is 5.72. The highest BCUT2D eigenvalue weighted by Crippen LogP contribution is 2.12. The first-order chi connectivity index (χ1) is 7.04. The van der Waals surface area contributed by atoms with E-state index in [-0.39, 0.29) is 11.9 Å². The van der Waals surface area contributed by atoms with E-state index in [2.05, 4.69) is 0 Å². The predicted octanol–water partition coefficient (Wildman–Crippen LogP) is -0.777. The van der Waals surface area contributed by atoms with Crippen molar-refractivity contribution < 1.29 is 19.7 Å². The second-order valence-corrected chi connectivity index (χ2v) is 4.01. The third-order valence-electron chi connectivity index (χ3n) is 2.56. The van der Waals surface area contributed by atoms with Gasteiger partial charge >= 0.3 is 5.97 Å². The molecule has 0 saturated carbocycles. The number of aliphatic hydroxyl groups excluding tert-OH is 2. The van der Waals surface area contributed by atoms with Crippen LogP contribution in [0.4, 0.5) is 0 Å². The molecule has 3 unspecified atom stereocenters. The molecule has 2 N–H and O–H groups in total. The molecule has 3 atom stereocenters. The number of hydrogen-bond acceptors (Lipinski definition) is 5. The van der Waals surface area contributed by atoms with E-state index in [1.54, 1.807) is 13.8 Å². The lowest BCUT2D eigenvalue weighted by Crippen LogP contribution is -2.32. The molecule has 1 fully saturated rings. The van der Waals surface area contributed by atoms with E-state index in [9.17, 15) is 15.0 Å². The van der Waals surface area contributed by atoms with E-state index >= 15 is 0 Å². The van der Waals surface area contributed by atoms with Crippen LogP contribution in [0.1, 0.15) is 13.8 Å². The van der Waals surface area contributed by atoms with Crippen LogP contribution in [0, 0.1) is 5.92 Å². The first kappa shape index (κ1) is 12.4. The smallest absolute Gasteiger partial charge is 0.309 e. The van der Waals surface area contributed by atoms with E-state index in [1.165, 1.54) is 0 Å². The average molecular weight is 217 g/mol. The quantitative estimate of drug-likeness (QED) is 0.605. The fourth-order valence-corrected chi connectivity index (χ4v) is 1.74. The van der Waals surface area contributed by atoms with Crippen molar-refractivity contribution in [1.82, 2.24) is 4.90 Å². The highest BCUT2D eigenvalue weighted by Gasteiger charge is 2.31. The Labute approximate surface area is 89.6 Å². The Morgan fingerprint density at radius 2 is 2.00 bits per heavy atom. The standard InChI is InChI=1S/C10H19NO4/c1-3-15-10(14)7(2)4-11-5-8(12)9(13)6-11/h7-9,12-13H,3-6H2,1-2H3. The van der Waals surface area contributed by atoms with Gasteiger partial charge in [0.2, 0.25) is 0 Å². The largest absolute Gasteiger partial charge is 0.466 e. The molecule has 0 aliphatic carbocycles. The molecule has 0 spiro atoms. The van der Waals surface area contributed by atoms with Crippen molar-refractivity contribution in [2.45, 2.75) is 26.1 Å². The molecule has 0 aromatic carbocycles. The van der Waals surface area contributed by atoms with Gasteiger partial charge in [0.15, 0.2) is 0 Å². The van der Waals surface area contributed by atoms with Gasteiger partial charge in [-0.3, -0.25) is 9.69 Å². The Morgan fingerprint density at radius 1 is 1.47 bits per heavy atom. The summed E-state index contributed by atoms with van der Waals surface area (Å²) in [6, 6.07) is 0. The first-order valence-electron chi connectivity index (χ1n) is 5.29. The van der Waals surface area contributed by atoms with Crippen molar-refractivity contribution in [2.24, 2.45) is 5.92 Å². The van der Waals surface area contributed by atoms with Crippen LogP contribution >= 0.6 is 0 Å². The summed E-state index contributed by atoms with van der Waals surface area (Å²) in [6.07, 6.45) is -1.39. The summed E-state index contributed by atoms with van der Waals surface area (Å²) in [5.74, 6) is -0.448. The summed E-state index contributed by atoms with van der Waals surface area (Å²) in [7, 11) is 0. The SMILES string of the molecule is CCOC(=O)C(C)CN1CC(O)C(O)C1. The maximum atomic E-state index is 11.3. The Bertz CT molecular complexity index is 211. The molecule has 0 radical (unpaired) electrons. The summed E-state index contributed by atoms with van der Waals surface area (Å²) in [5.41, 5.74) is 0. The number of aliphatic hydroxyl groups is 2. The summed E-state index contributed by atoms with van der Waals surface area (Å²) in [6.45, 7) is 5.31. The van der Waals surface area contributed by atoms with Gasteiger partial charge in [-0.2, -0.15) is 0 Å². The summed E-state index contributed by atoms with van der Waals surface area (Å²) < 4.78 is 4.88. The molecule has 1 rings (SSSR count). The van der Waals surface area contributed by atoms with Gasteiger partial charge in [0, 0.05) is 19.6 Å². The lowest BCUT2D eigenvalue weighted by Gasteiger charge is -2.18. The topological polar surface area (TPSA) is 70.0 Å². The summed E-state index contributed by atoms with van der Waals surface area (Å²) in [5, 5.41) is 18.6. The molecule has 88 valence electrons. The second kappa shape index (κ2) is 5.44. The third-order valence-corrected chi connectivity index (χ3v) is 2.56. The average Bonchev–Trinajstić information content (AvgIpc) is 2.46. The van der Waals surface area contributed by atoms with Gasteiger partial charge in [0.1, 0.15) is 0 Å². The van der Waals surface area contributed by atoms with Crippen molar-refractivity contribution in [3.63, 3.8) is 0 Å². The molecule has 0 amide bonds. The zero-order valence-electron chi connectivity index (χ0n) is 9.22. The highest BCUT2D eigenvalue weighted by atomic mass is 16.5. The van der Waals surface area contributed by atoms with E-state index < -0.39 is 12.2 Å². The lowest BCUT2D eigenvalue weighted by molar-refractivity contribution is -0.148. The fourth-order valence-electron chi connectivity index (χ4n) is 1.74. The van der Waals surface area contributed by atoms with Crippen molar-refractivity contribution in [2.75, 3.05) is 26.2 Å². The van der Waals surface area contributed by atoms with Gasteiger partial charge < -0.3 is 14.9 Å². The number of likely N-dealkylation sites (tertiary alicyclic amines) is 1. The number of hydrogen-bond donors (Lipinski definition) is 2. The zero-order valence-corrected chi connectivity index (χ0v) is 9.22. The molecule has 0 aromatic rings. The van der Waals surface area contributed by atoms with Crippen LogP contribution < -0.4 is 0 Å². The zero-order chi connectivity index (χ0) is 11.4. The molecule has 15 heavy (non-hydrogen) atoms. The Hall–Kier alpha value is -0.650. The van der Waals surface area contributed by atoms with E-state index in [1.807, 2.05) is 4.90 Å². The third kappa shape index (κ3) is 3.44. The van der Waals surface area contributed by atoms with Gasteiger partial charge in [-0.1, -0.05) is 6.92 Å². The summed E-state index contributed by atoms with van der Waals surface area (Å²) in [4.78, 5) is 13.2. The Morgan fingerprint density at radius 3 is 2.47 bits per heavy atom. The number of carbonyl (C=O) groups is 1. The second-order valence-electron chi connectivity index (χ2n) is 4.01. The lowest BCUT2D eigenvalue weighted by atomic mass is 10.2. The van der Waals surface area contributed by atoms with E-state index in [4.69, 9.17) is 4.74 Å². The van der Waals surface area contributed by atoms with Crippen LogP contribution in [0.15, 0.2) is 0 Å². The fraction of sp³-hybridized carbons (Fsp3) is 0.900. The minimum atomic E-state index is -0.695. The van der Waals surface area contributed by atoms with Crippen LogP contribution in [0.5, 0.6) is 0 Å². The van der Waals surface area contributed by atoms with Crippen LogP contribution in [0.25, 0.3) is 0 Å². The number of carbonyl (C=O) groups excluding carboxylic acids is 1. The Balaban J connectivity index is 2.33. The first-order valence-corrected chi connectivity index (χ1v) is 5.29. The number of nitrogens with zero attached hydrogens (tertiary/aromatic N) is 1. The van der Waals surface area contributed by atoms with E-state index in [0.717, 1.165) is 0 Å².